The first kappa shape index (κ1) is 25.3. The first-order chi connectivity index (χ1) is 19.0. The van der Waals surface area contributed by atoms with Crippen molar-refractivity contribution in [3.8, 4) is 11.4 Å². The van der Waals surface area contributed by atoms with Gasteiger partial charge in [0.1, 0.15) is 11.6 Å². The smallest absolute Gasteiger partial charge is 0.377 e. The number of piperidine rings is 1. The molecule has 0 amide bonds. The molecule has 0 unspecified atom stereocenters. The van der Waals surface area contributed by atoms with Crippen molar-refractivity contribution in [2.45, 2.75) is 52.4 Å². The molecule has 3 aliphatic heterocycles. The summed E-state index contributed by atoms with van der Waals surface area (Å²) in [6.45, 7) is 9.55. The van der Waals surface area contributed by atoms with E-state index < -0.39 is 11.9 Å². The van der Waals surface area contributed by atoms with Gasteiger partial charge in [0, 0.05) is 73.3 Å². The van der Waals surface area contributed by atoms with Crippen LogP contribution in [0.4, 0.5) is 24.8 Å². The average molecular weight is 553 g/mol. The lowest BCUT2D eigenvalue weighted by atomic mass is 9.75. The van der Waals surface area contributed by atoms with E-state index in [0.717, 1.165) is 70.4 Å². The maximum absolute atomic E-state index is 13.4. The number of nitrogens with one attached hydrogen (secondary N) is 1. The van der Waals surface area contributed by atoms with Gasteiger partial charge >= 0.3 is 6.18 Å². The lowest BCUT2D eigenvalue weighted by molar-refractivity contribution is -0.183. The van der Waals surface area contributed by atoms with Crippen LogP contribution in [0.5, 0.6) is 0 Å². The maximum Gasteiger partial charge on any atom is 0.435 e. The van der Waals surface area contributed by atoms with Crippen LogP contribution in [0.15, 0.2) is 18.2 Å². The number of aromatic amines is 1. The van der Waals surface area contributed by atoms with E-state index in [1.165, 1.54) is 4.68 Å². The molecule has 0 aliphatic carbocycles. The Kier molecular flexibility index (Phi) is 5.48. The van der Waals surface area contributed by atoms with E-state index in [4.69, 9.17) is 14.7 Å². The zero-order chi connectivity index (χ0) is 28.0. The quantitative estimate of drug-likeness (QED) is 0.399. The van der Waals surface area contributed by atoms with Gasteiger partial charge in [-0.25, -0.2) is 9.97 Å². The van der Waals surface area contributed by atoms with Gasteiger partial charge in [0.05, 0.1) is 23.9 Å². The van der Waals surface area contributed by atoms with E-state index in [-0.39, 0.29) is 11.5 Å². The molecule has 3 aliphatic rings. The monoisotopic (exact) mass is 552 g/mol. The second-order valence-corrected chi connectivity index (χ2v) is 11.6. The van der Waals surface area contributed by atoms with E-state index in [0.29, 0.717) is 37.8 Å². The number of aryl methyl sites for hydroxylation is 3. The highest BCUT2D eigenvalue weighted by atomic mass is 19.4. The van der Waals surface area contributed by atoms with Crippen LogP contribution in [0.2, 0.25) is 0 Å². The number of fused-ring (bicyclic) bond motifs is 3. The van der Waals surface area contributed by atoms with Crippen molar-refractivity contribution < 1.29 is 17.9 Å². The molecular weight excluding hydrogens is 521 g/mol. The number of benzene rings is 1. The summed E-state index contributed by atoms with van der Waals surface area (Å²) >= 11 is 0. The number of anilines is 2. The molecule has 1 N–H and O–H groups in total. The average Bonchev–Trinajstić information content (AvgIpc) is 3.48. The van der Waals surface area contributed by atoms with Gasteiger partial charge < -0.3 is 14.5 Å². The Labute approximate surface area is 229 Å². The van der Waals surface area contributed by atoms with E-state index in [1.54, 1.807) is 7.05 Å². The molecule has 0 bridgehead atoms. The number of H-pyrrole nitrogens is 1. The molecule has 2 saturated heterocycles. The van der Waals surface area contributed by atoms with Crippen molar-refractivity contribution in [2.24, 2.45) is 12.5 Å². The number of nitrogens with zero attached hydrogens (tertiary/aromatic N) is 7. The molecule has 6 heterocycles. The van der Waals surface area contributed by atoms with Crippen LogP contribution in [-0.4, -0.2) is 62.3 Å². The Hall–Kier alpha value is -3.67. The van der Waals surface area contributed by atoms with E-state index in [1.807, 2.05) is 24.0 Å². The predicted molar refractivity (Wildman–Crippen MR) is 144 cm³/mol. The molecule has 7 rings (SSSR count). The van der Waals surface area contributed by atoms with E-state index >= 15 is 0 Å². The lowest BCUT2D eigenvalue weighted by Crippen LogP contribution is -2.61. The van der Waals surface area contributed by atoms with Crippen molar-refractivity contribution >= 4 is 22.5 Å². The highest BCUT2D eigenvalue weighted by Crippen LogP contribution is 2.44. The minimum absolute atomic E-state index is 0.0469. The van der Waals surface area contributed by atoms with Gasteiger partial charge in [-0.3, -0.25) is 9.78 Å². The van der Waals surface area contributed by atoms with Gasteiger partial charge in [0.15, 0.2) is 11.5 Å². The summed E-state index contributed by atoms with van der Waals surface area (Å²) in [7, 11) is 1.56. The van der Waals surface area contributed by atoms with Crippen LogP contribution < -0.4 is 9.80 Å². The number of hydrogen-bond donors (Lipinski definition) is 1. The molecule has 9 nitrogen and oxygen atoms in total. The van der Waals surface area contributed by atoms with Crippen LogP contribution in [0.3, 0.4) is 0 Å². The molecule has 210 valence electrons. The fourth-order valence-corrected chi connectivity index (χ4v) is 6.55. The minimum Gasteiger partial charge on any atom is -0.377 e. The number of aromatic nitrogens is 6. The van der Waals surface area contributed by atoms with Crippen LogP contribution >= 0.6 is 0 Å². The molecule has 4 aromatic rings. The number of halogens is 3. The third kappa shape index (κ3) is 3.87. The van der Waals surface area contributed by atoms with Crippen LogP contribution in [0, 0.1) is 19.3 Å². The largest absolute Gasteiger partial charge is 0.435 e. The fourth-order valence-electron chi connectivity index (χ4n) is 6.55. The summed E-state index contributed by atoms with van der Waals surface area (Å²) < 4.78 is 47.4. The molecule has 0 spiro atoms. The summed E-state index contributed by atoms with van der Waals surface area (Å²) in [5.74, 6) is 1.94. The maximum atomic E-state index is 13.4. The first-order valence-corrected chi connectivity index (χ1v) is 13.6. The highest BCUT2D eigenvalue weighted by Gasteiger charge is 2.49. The second-order valence-electron chi connectivity index (χ2n) is 11.6. The van der Waals surface area contributed by atoms with Gasteiger partial charge in [-0.2, -0.15) is 23.4 Å². The van der Waals surface area contributed by atoms with E-state index in [2.05, 4.69) is 34.0 Å². The van der Waals surface area contributed by atoms with Gasteiger partial charge in [-0.1, -0.05) is 13.0 Å². The second kappa shape index (κ2) is 8.66. The molecule has 1 aromatic carbocycles. The van der Waals surface area contributed by atoms with Crippen molar-refractivity contribution in [1.82, 2.24) is 29.9 Å². The van der Waals surface area contributed by atoms with Gasteiger partial charge in [-0.05, 0) is 31.9 Å². The molecule has 12 heteroatoms. The van der Waals surface area contributed by atoms with Gasteiger partial charge in [0.2, 0.25) is 0 Å². The van der Waals surface area contributed by atoms with Crippen molar-refractivity contribution in [2.75, 3.05) is 36.0 Å². The summed E-state index contributed by atoms with van der Waals surface area (Å²) in [6, 6.07) is 5.17. The summed E-state index contributed by atoms with van der Waals surface area (Å²) in [5.41, 5.74) is 4.90. The lowest BCUT2D eigenvalue weighted by Gasteiger charge is -2.53. The summed E-state index contributed by atoms with van der Waals surface area (Å²) in [4.78, 5) is 14.6. The zero-order valence-electron chi connectivity index (χ0n) is 22.9. The Morgan fingerprint density at radius 2 is 1.95 bits per heavy atom. The van der Waals surface area contributed by atoms with Crippen LogP contribution in [0.25, 0.3) is 22.3 Å². The summed E-state index contributed by atoms with van der Waals surface area (Å²) in [5, 5.41) is 12.3. The molecular formula is C28H31F3N8O. The van der Waals surface area contributed by atoms with Crippen LogP contribution in [-0.2, 0) is 30.9 Å². The molecule has 40 heavy (non-hydrogen) atoms. The number of ether oxygens (including phenoxy) is 1. The van der Waals surface area contributed by atoms with Crippen molar-refractivity contribution in [3.05, 3.63) is 46.4 Å². The van der Waals surface area contributed by atoms with Crippen molar-refractivity contribution in [1.29, 1.82) is 0 Å². The van der Waals surface area contributed by atoms with E-state index in [9.17, 15) is 13.2 Å². The predicted octanol–water partition coefficient (Wildman–Crippen LogP) is 4.57. The molecule has 3 aromatic heterocycles. The standard InChI is InChI=1S/C28H31F3N8O/c1-15-5-6-19-24(16(2)34-35-19)23(15)25-32-18-7-9-38(22-11-20(28(29,30)31)36-37(22)4)12-17(18)26(33-25)39-10-8-21-27(3,13-39)14-40-21/h5-6,11,21H,7-10,12-14H2,1-4H3,(H,34,35)/t21-,27-/m0/s1. The molecule has 2 atom stereocenters. The first-order valence-electron chi connectivity index (χ1n) is 13.6. The third-order valence-corrected chi connectivity index (χ3v) is 8.75. The summed E-state index contributed by atoms with van der Waals surface area (Å²) in [6.07, 6.45) is -2.76. The Morgan fingerprint density at radius 1 is 1.12 bits per heavy atom. The molecule has 2 fully saturated rings. The number of rotatable bonds is 3. The highest BCUT2D eigenvalue weighted by molar-refractivity contribution is 5.96. The molecule has 0 radical (unpaired) electrons. The Bertz CT molecular complexity index is 1640. The minimum atomic E-state index is -4.50. The zero-order valence-corrected chi connectivity index (χ0v) is 22.9. The molecule has 0 saturated carbocycles. The van der Waals surface area contributed by atoms with Gasteiger partial charge in [-0.15, -0.1) is 0 Å². The van der Waals surface area contributed by atoms with Crippen molar-refractivity contribution in [3.63, 3.8) is 0 Å². The van der Waals surface area contributed by atoms with Crippen LogP contribution in [0.1, 0.15) is 41.6 Å². The topological polar surface area (TPSA) is 88.0 Å². The Balaban J connectivity index is 1.35. The number of hydrogen-bond acceptors (Lipinski definition) is 7. The Morgan fingerprint density at radius 3 is 2.65 bits per heavy atom. The SMILES string of the molecule is Cc1ccc2n[nH]c(C)c2c1-c1nc2c(c(N3CC[C@@H]4OC[C@]4(C)C3)n1)CN(c1cc(C(F)(F)F)nn1C)CC2. The normalized spacial score (nSPS) is 22.8. The number of alkyl halides is 3. The van der Waals surface area contributed by atoms with Gasteiger partial charge in [0.25, 0.3) is 0 Å². The third-order valence-electron chi connectivity index (χ3n) is 8.75. The fraction of sp³-hybridized carbons (Fsp3) is 0.500.